The molecule has 16 heavy (non-hydrogen) atoms. The highest BCUT2D eigenvalue weighted by Gasteiger charge is 2.00. The smallest absolute Gasteiger partial charge is 0.244 e. The molecular weight excluding hydrogens is 229 g/mol. The summed E-state index contributed by atoms with van der Waals surface area (Å²) in [5.41, 5.74) is 0.685. The third-order valence-electron chi connectivity index (χ3n) is 1.80. The summed E-state index contributed by atoms with van der Waals surface area (Å²) in [5.74, 6) is -0.652. The molecule has 0 spiro atoms. The fourth-order valence-corrected chi connectivity index (χ4v) is 1.31. The topological polar surface area (TPSA) is 29.1 Å². The largest absolute Gasteiger partial charge is 0.350 e. The van der Waals surface area contributed by atoms with Gasteiger partial charge in [-0.3, -0.25) is 4.79 Å². The van der Waals surface area contributed by atoms with Gasteiger partial charge in [0.15, 0.2) is 0 Å². The summed E-state index contributed by atoms with van der Waals surface area (Å²) >= 11 is 5.60. The van der Waals surface area contributed by atoms with E-state index in [1.807, 2.05) is 13.8 Å². The zero-order chi connectivity index (χ0) is 12.1. The Morgan fingerprint density at radius 1 is 1.50 bits per heavy atom. The molecule has 0 aliphatic heterocycles. The molecule has 0 bridgehead atoms. The van der Waals surface area contributed by atoms with Gasteiger partial charge in [0.25, 0.3) is 0 Å². The molecular formula is C12H13ClFNO. The van der Waals surface area contributed by atoms with Crippen LogP contribution in [0.2, 0.25) is 5.02 Å². The minimum Gasteiger partial charge on any atom is -0.350 e. The molecule has 1 aromatic rings. The first kappa shape index (κ1) is 12.7. The second kappa shape index (κ2) is 5.66. The van der Waals surface area contributed by atoms with Crippen LogP contribution in [0, 0.1) is 5.82 Å². The summed E-state index contributed by atoms with van der Waals surface area (Å²) in [6.07, 6.45) is 2.98. The molecule has 0 saturated heterocycles. The minimum absolute atomic E-state index is 0.0476. The Kier molecular flexibility index (Phi) is 4.50. The molecule has 1 amide bonds. The van der Waals surface area contributed by atoms with Crippen LogP contribution in [0.4, 0.5) is 4.39 Å². The summed E-state index contributed by atoms with van der Waals surface area (Å²) in [4.78, 5) is 11.3. The highest BCUT2D eigenvalue weighted by atomic mass is 35.5. The summed E-state index contributed by atoms with van der Waals surface area (Å²) in [6.45, 7) is 3.75. The average Bonchev–Trinajstić information content (AvgIpc) is 2.19. The predicted octanol–water partition coefficient (Wildman–Crippen LogP) is 3.02. The lowest BCUT2D eigenvalue weighted by atomic mass is 10.2. The Balaban J connectivity index is 2.69. The van der Waals surface area contributed by atoms with E-state index in [4.69, 9.17) is 11.6 Å². The van der Waals surface area contributed by atoms with Crippen LogP contribution in [0.5, 0.6) is 0 Å². The summed E-state index contributed by atoms with van der Waals surface area (Å²) in [7, 11) is 0. The number of benzene rings is 1. The van der Waals surface area contributed by atoms with Crippen LogP contribution in [0.3, 0.4) is 0 Å². The van der Waals surface area contributed by atoms with Gasteiger partial charge >= 0.3 is 0 Å². The lowest BCUT2D eigenvalue weighted by Crippen LogP contribution is -2.28. The van der Waals surface area contributed by atoms with Crippen molar-refractivity contribution >= 4 is 23.6 Å². The third-order valence-corrected chi connectivity index (χ3v) is 2.09. The van der Waals surface area contributed by atoms with Gasteiger partial charge in [0.2, 0.25) is 5.91 Å². The standard InChI is InChI=1S/C12H13ClFNO/c1-8(2)15-12(16)6-4-9-3-5-11(14)10(13)7-9/h3-8H,1-2H3,(H,15,16)/b6-4+. The second-order valence-electron chi connectivity index (χ2n) is 3.67. The summed E-state index contributed by atoms with van der Waals surface area (Å²) in [5, 5.41) is 2.75. The molecule has 0 aliphatic rings. The van der Waals surface area contributed by atoms with Crippen molar-refractivity contribution in [2.45, 2.75) is 19.9 Å². The highest BCUT2D eigenvalue weighted by molar-refractivity contribution is 6.30. The molecule has 1 N–H and O–H groups in total. The van der Waals surface area contributed by atoms with Crippen LogP contribution < -0.4 is 5.32 Å². The van der Waals surface area contributed by atoms with E-state index >= 15 is 0 Å². The van der Waals surface area contributed by atoms with Crippen LogP contribution in [-0.2, 0) is 4.79 Å². The SMILES string of the molecule is CC(C)NC(=O)/C=C/c1ccc(F)c(Cl)c1. The zero-order valence-corrected chi connectivity index (χ0v) is 9.88. The van der Waals surface area contributed by atoms with Gasteiger partial charge in [-0.1, -0.05) is 17.7 Å². The fraction of sp³-hybridized carbons (Fsp3) is 0.250. The van der Waals surface area contributed by atoms with E-state index in [0.717, 1.165) is 0 Å². The number of hydrogen-bond acceptors (Lipinski definition) is 1. The lowest BCUT2D eigenvalue weighted by Gasteiger charge is -2.04. The van der Waals surface area contributed by atoms with Crippen molar-refractivity contribution in [2.24, 2.45) is 0 Å². The lowest BCUT2D eigenvalue weighted by molar-refractivity contribution is -0.116. The number of amides is 1. The minimum atomic E-state index is -0.467. The van der Waals surface area contributed by atoms with Gasteiger partial charge in [0.1, 0.15) is 5.82 Å². The normalized spacial score (nSPS) is 11.1. The van der Waals surface area contributed by atoms with Gasteiger partial charge in [-0.15, -0.1) is 0 Å². The molecule has 0 heterocycles. The van der Waals surface area contributed by atoms with Crippen LogP contribution in [0.15, 0.2) is 24.3 Å². The van der Waals surface area contributed by atoms with E-state index < -0.39 is 5.82 Å². The predicted molar refractivity (Wildman–Crippen MR) is 63.7 cm³/mol. The molecule has 0 fully saturated rings. The van der Waals surface area contributed by atoms with Crippen molar-refractivity contribution in [2.75, 3.05) is 0 Å². The Morgan fingerprint density at radius 3 is 2.75 bits per heavy atom. The summed E-state index contributed by atoms with van der Waals surface area (Å²) < 4.78 is 12.8. The molecule has 0 aromatic heterocycles. The second-order valence-corrected chi connectivity index (χ2v) is 4.08. The van der Waals surface area contributed by atoms with Gasteiger partial charge in [0, 0.05) is 12.1 Å². The number of rotatable bonds is 3. The molecule has 0 radical (unpaired) electrons. The third kappa shape index (κ3) is 4.03. The number of halogens is 2. The Hall–Kier alpha value is -1.35. The number of carbonyl (C=O) groups excluding carboxylic acids is 1. The summed E-state index contributed by atoms with van der Waals surface area (Å²) in [6, 6.07) is 4.38. The van der Waals surface area contributed by atoms with E-state index in [0.29, 0.717) is 5.56 Å². The van der Waals surface area contributed by atoms with Crippen LogP contribution in [0.25, 0.3) is 6.08 Å². The quantitative estimate of drug-likeness (QED) is 0.810. The average molecular weight is 242 g/mol. The Bertz CT molecular complexity index is 415. The number of carbonyl (C=O) groups is 1. The molecule has 86 valence electrons. The van der Waals surface area contributed by atoms with Gasteiger partial charge in [0.05, 0.1) is 5.02 Å². The maximum Gasteiger partial charge on any atom is 0.244 e. The van der Waals surface area contributed by atoms with Crippen LogP contribution >= 0.6 is 11.6 Å². The van der Waals surface area contributed by atoms with Crippen molar-refractivity contribution < 1.29 is 9.18 Å². The van der Waals surface area contributed by atoms with Crippen molar-refractivity contribution in [1.29, 1.82) is 0 Å². The molecule has 4 heteroatoms. The van der Waals surface area contributed by atoms with E-state index in [2.05, 4.69) is 5.32 Å². The number of hydrogen-bond donors (Lipinski definition) is 1. The van der Waals surface area contributed by atoms with Gasteiger partial charge in [-0.2, -0.15) is 0 Å². The molecule has 0 unspecified atom stereocenters. The fourth-order valence-electron chi connectivity index (χ4n) is 1.12. The molecule has 0 aliphatic carbocycles. The maximum atomic E-state index is 12.8. The van der Waals surface area contributed by atoms with Crippen molar-refractivity contribution in [3.05, 3.63) is 40.7 Å². The first-order chi connectivity index (χ1) is 7.49. The monoisotopic (exact) mass is 241 g/mol. The molecule has 1 rings (SSSR count). The van der Waals surface area contributed by atoms with Gasteiger partial charge in [-0.25, -0.2) is 4.39 Å². The molecule has 2 nitrogen and oxygen atoms in total. The maximum absolute atomic E-state index is 12.8. The van der Waals surface area contributed by atoms with Crippen molar-refractivity contribution in [3.63, 3.8) is 0 Å². The molecule has 0 saturated carbocycles. The Morgan fingerprint density at radius 2 is 2.19 bits per heavy atom. The van der Waals surface area contributed by atoms with E-state index in [-0.39, 0.29) is 17.0 Å². The zero-order valence-electron chi connectivity index (χ0n) is 9.13. The molecule has 1 aromatic carbocycles. The Labute approximate surface area is 99.1 Å². The van der Waals surface area contributed by atoms with E-state index in [1.54, 1.807) is 12.1 Å². The number of nitrogens with one attached hydrogen (secondary N) is 1. The van der Waals surface area contributed by atoms with Crippen LogP contribution in [-0.4, -0.2) is 11.9 Å². The first-order valence-electron chi connectivity index (χ1n) is 4.92. The van der Waals surface area contributed by atoms with Crippen LogP contribution in [0.1, 0.15) is 19.4 Å². The first-order valence-corrected chi connectivity index (χ1v) is 5.30. The molecule has 0 atom stereocenters. The van der Waals surface area contributed by atoms with Crippen molar-refractivity contribution in [3.8, 4) is 0 Å². The van der Waals surface area contributed by atoms with E-state index in [9.17, 15) is 9.18 Å². The van der Waals surface area contributed by atoms with Crippen molar-refractivity contribution in [1.82, 2.24) is 5.32 Å². The van der Waals surface area contributed by atoms with Gasteiger partial charge in [-0.05, 0) is 37.6 Å². The van der Waals surface area contributed by atoms with E-state index in [1.165, 1.54) is 18.2 Å². The van der Waals surface area contributed by atoms with Gasteiger partial charge < -0.3 is 5.32 Å². The highest BCUT2D eigenvalue weighted by Crippen LogP contribution is 2.16.